The number of nitriles is 1. The number of aromatic nitrogens is 2. The summed E-state index contributed by atoms with van der Waals surface area (Å²) < 4.78 is 0. The molecule has 3 heterocycles. The quantitative estimate of drug-likeness (QED) is 0.839. The third-order valence-corrected chi connectivity index (χ3v) is 5.12. The van der Waals surface area contributed by atoms with Gasteiger partial charge in [-0.2, -0.15) is 10.4 Å². The van der Waals surface area contributed by atoms with Crippen LogP contribution in [0.3, 0.4) is 0 Å². The van der Waals surface area contributed by atoms with Crippen LogP contribution in [0.1, 0.15) is 36.6 Å². The van der Waals surface area contributed by atoms with E-state index in [1.807, 2.05) is 47.5 Å². The average molecular weight is 360 g/mol. The average Bonchev–Trinajstić information content (AvgIpc) is 3.24. The zero-order valence-electron chi connectivity index (χ0n) is 14.9. The van der Waals surface area contributed by atoms with Gasteiger partial charge in [-0.05, 0) is 24.5 Å². The van der Waals surface area contributed by atoms with Crippen molar-refractivity contribution in [2.45, 2.75) is 25.3 Å². The summed E-state index contributed by atoms with van der Waals surface area (Å²) in [7, 11) is 0. The number of hydrazone groups is 1. The molecule has 2 aromatic rings. The SMILES string of the molecule is N#Cc1ccnc(N2CCC(C(=O)N3N=CCC3c3ccccc3)CC2)n1. The molecule has 1 atom stereocenters. The summed E-state index contributed by atoms with van der Waals surface area (Å²) >= 11 is 0. The maximum absolute atomic E-state index is 13.0. The Hall–Kier alpha value is -3.27. The van der Waals surface area contributed by atoms with Crippen LogP contribution in [0.25, 0.3) is 0 Å². The predicted octanol–water partition coefficient (Wildman–Crippen LogP) is 2.52. The molecular weight excluding hydrogens is 340 g/mol. The van der Waals surface area contributed by atoms with Gasteiger partial charge in [0.1, 0.15) is 11.8 Å². The topological polar surface area (TPSA) is 85.5 Å². The van der Waals surface area contributed by atoms with Crippen LogP contribution in [0, 0.1) is 17.2 Å². The summed E-state index contributed by atoms with van der Waals surface area (Å²) in [6.07, 6.45) is 5.63. The van der Waals surface area contributed by atoms with E-state index < -0.39 is 0 Å². The van der Waals surface area contributed by atoms with Crippen LogP contribution in [0.2, 0.25) is 0 Å². The third-order valence-electron chi connectivity index (χ3n) is 5.12. The zero-order chi connectivity index (χ0) is 18.6. The molecule has 0 bridgehead atoms. The molecular formula is C20H20N6O. The summed E-state index contributed by atoms with van der Waals surface area (Å²) in [5.74, 6) is 0.590. The number of piperidine rings is 1. The van der Waals surface area contributed by atoms with Gasteiger partial charge in [0.15, 0.2) is 0 Å². The maximum atomic E-state index is 13.0. The van der Waals surface area contributed by atoms with E-state index in [4.69, 9.17) is 5.26 Å². The summed E-state index contributed by atoms with van der Waals surface area (Å²) in [6.45, 7) is 1.39. The predicted molar refractivity (Wildman–Crippen MR) is 101 cm³/mol. The molecule has 2 aliphatic rings. The number of carbonyl (C=O) groups excluding carboxylic acids is 1. The molecule has 2 aliphatic heterocycles. The van der Waals surface area contributed by atoms with E-state index in [1.54, 1.807) is 17.3 Å². The van der Waals surface area contributed by atoms with Gasteiger partial charge >= 0.3 is 0 Å². The Kier molecular flexibility index (Phi) is 4.79. The third kappa shape index (κ3) is 3.51. The van der Waals surface area contributed by atoms with Gasteiger partial charge in [-0.15, -0.1) is 0 Å². The molecule has 136 valence electrons. The Morgan fingerprint density at radius 2 is 1.93 bits per heavy atom. The van der Waals surface area contributed by atoms with Crippen LogP contribution >= 0.6 is 0 Å². The Morgan fingerprint density at radius 3 is 2.67 bits per heavy atom. The van der Waals surface area contributed by atoms with Gasteiger partial charge in [-0.25, -0.2) is 15.0 Å². The van der Waals surface area contributed by atoms with Crippen molar-refractivity contribution in [1.29, 1.82) is 5.26 Å². The van der Waals surface area contributed by atoms with Crippen LogP contribution < -0.4 is 4.90 Å². The first-order valence-corrected chi connectivity index (χ1v) is 9.15. The van der Waals surface area contributed by atoms with Gasteiger partial charge in [-0.1, -0.05) is 30.3 Å². The van der Waals surface area contributed by atoms with E-state index in [1.165, 1.54) is 0 Å². The van der Waals surface area contributed by atoms with Gasteiger partial charge in [0.25, 0.3) is 0 Å². The lowest BCUT2D eigenvalue weighted by molar-refractivity contribution is -0.138. The first-order valence-electron chi connectivity index (χ1n) is 9.15. The molecule has 1 amide bonds. The molecule has 4 rings (SSSR count). The highest BCUT2D eigenvalue weighted by Crippen LogP contribution is 2.32. The second-order valence-electron chi connectivity index (χ2n) is 6.76. The molecule has 0 spiro atoms. The van der Waals surface area contributed by atoms with E-state index in [-0.39, 0.29) is 17.9 Å². The highest BCUT2D eigenvalue weighted by Gasteiger charge is 2.35. The lowest BCUT2D eigenvalue weighted by atomic mass is 9.94. The Bertz CT molecular complexity index is 883. The molecule has 1 saturated heterocycles. The van der Waals surface area contributed by atoms with Crippen molar-refractivity contribution in [3.63, 3.8) is 0 Å². The Labute approximate surface area is 158 Å². The summed E-state index contributed by atoms with van der Waals surface area (Å²) in [4.78, 5) is 23.6. The van der Waals surface area contributed by atoms with Crippen LogP contribution in [0.15, 0.2) is 47.7 Å². The van der Waals surface area contributed by atoms with Crippen molar-refractivity contribution in [3.8, 4) is 6.07 Å². The number of amides is 1. The van der Waals surface area contributed by atoms with Gasteiger partial charge in [0.2, 0.25) is 11.9 Å². The molecule has 1 fully saturated rings. The minimum atomic E-state index is -0.0538. The second-order valence-corrected chi connectivity index (χ2v) is 6.76. The number of rotatable bonds is 3. The largest absolute Gasteiger partial charge is 0.341 e. The molecule has 1 unspecified atom stereocenters. The molecule has 0 N–H and O–H groups in total. The number of hydrogen-bond acceptors (Lipinski definition) is 6. The number of nitrogens with zero attached hydrogens (tertiary/aromatic N) is 6. The first kappa shape index (κ1) is 17.2. The van der Waals surface area contributed by atoms with Crippen LogP contribution in [0.4, 0.5) is 5.95 Å². The van der Waals surface area contributed by atoms with Crippen LogP contribution in [0.5, 0.6) is 0 Å². The molecule has 1 aromatic heterocycles. The van der Waals surface area contributed by atoms with Gasteiger partial charge in [0.05, 0.1) is 6.04 Å². The molecule has 7 heteroatoms. The van der Waals surface area contributed by atoms with Crippen molar-refractivity contribution in [1.82, 2.24) is 15.0 Å². The number of carbonyl (C=O) groups is 1. The van der Waals surface area contributed by atoms with E-state index in [0.29, 0.717) is 24.7 Å². The molecule has 0 aliphatic carbocycles. The van der Waals surface area contributed by atoms with E-state index in [0.717, 1.165) is 24.8 Å². The van der Waals surface area contributed by atoms with Crippen molar-refractivity contribution >= 4 is 18.1 Å². The van der Waals surface area contributed by atoms with Crippen molar-refractivity contribution in [3.05, 3.63) is 53.9 Å². The molecule has 7 nitrogen and oxygen atoms in total. The monoisotopic (exact) mass is 360 g/mol. The van der Waals surface area contributed by atoms with E-state index >= 15 is 0 Å². The Morgan fingerprint density at radius 1 is 1.15 bits per heavy atom. The highest BCUT2D eigenvalue weighted by atomic mass is 16.2. The normalized spacial score (nSPS) is 19.9. The van der Waals surface area contributed by atoms with E-state index in [2.05, 4.69) is 15.1 Å². The molecule has 1 aromatic carbocycles. The number of benzene rings is 1. The van der Waals surface area contributed by atoms with Crippen LogP contribution in [-0.2, 0) is 4.79 Å². The fourth-order valence-corrected chi connectivity index (χ4v) is 3.65. The minimum absolute atomic E-state index is 0.00706. The minimum Gasteiger partial charge on any atom is -0.341 e. The molecule has 0 radical (unpaired) electrons. The summed E-state index contributed by atoms with van der Waals surface area (Å²) in [6, 6.07) is 13.7. The molecule has 0 saturated carbocycles. The van der Waals surface area contributed by atoms with E-state index in [9.17, 15) is 4.79 Å². The number of hydrogen-bond donors (Lipinski definition) is 0. The van der Waals surface area contributed by atoms with Crippen molar-refractivity contribution < 1.29 is 4.79 Å². The van der Waals surface area contributed by atoms with Gasteiger partial charge in [0, 0.05) is 37.8 Å². The number of anilines is 1. The first-order chi connectivity index (χ1) is 13.3. The van der Waals surface area contributed by atoms with Crippen molar-refractivity contribution in [2.75, 3.05) is 18.0 Å². The summed E-state index contributed by atoms with van der Waals surface area (Å²) in [5, 5.41) is 15.0. The van der Waals surface area contributed by atoms with Crippen LogP contribution in [-0.4, -0.2) is 40.2 Å². The fraction of sp³-hybridized carbons (Fsp3) is 0.350. The second kappa shape index (κ2) is 7.54. The Balaban J connectivity index is 1.41. The maximum Gasteiger partial charge on any atom is 0.246 e. The lowest BCUT2D eigenvalue weighted by Gasteiger charge is -2.33. The highest BCUT2D eigenvalue weighted by molar-refractivity contribution is 5.82. The smallest absolute Gasteiger partial charge is 0.246 e. The fourth-order valence-electron chi connectivity index (χ4n) is 3.65. The molecule has 27 heavy (non-hydrogen) atoms. The standard InChI is InChI=1S/C20H20N6O/c21-14-17-6-10-22-20(24-17)25-12-8-16(9-13-25)19(27)26-18(7-11-23-26)15-4-2-1-3-5-15/h1-6,10-11,16,18H,7-9,12-13H2. The summed E-state index contributed by atoms with van der Waals surface area (Å²) in [5.41, 5.74) is 1.47. The van der Waals surface area contributed by atoms with Gasteiger partial charge < -0.3 is 4.90 Å². The lowest BCUT2D eigenvalue weighted by Crippen LogP contribution is -2.41. The van der Waals surface area contributed by atoms with Gasteiger partial charge in [-0.3, -0.25) is 4.79 Å². The zero-order valence-corrected chi connectivity index (χ0v) is 14.9. The van der Waals surface area contributed by atoms with Crippen molar-refractivity contribution in [2.24, 2.45) is 11.0 Å².